The molecule has 1 saturated heterocycles. The number of aromatic amines is 1. The molecule has 2 aromatic rings. The minimum atomic E-state index is 1.13. The Morgan fingerprint density at radius 2 is 1.95 bits per heavy atom. The van der Waals surface area contributed by atoms with Crippen molar-refractivity contribution in [2.24, 2.45) is 0 Å². The zero-order valence-corrected chi connectivity index (χ0v) is 12.6. The first kappa shape index (κ1) is 13.7. The summed E-state index contributed by atoms with van der Waals surface area (Å²) in [7, 11) is 0. The predicted octanol–water partition coefficient (Wildman–Crippen LogP) is 2.62. The first-order valence-electron chi connectivity index (χ1n) is 7.75. The van der Waals surface area contributed by atoms with Crippen LogP contribution in [0.3, 0.4) is 0 Å². The summed E-state index contributed by atoms with van der Waals surface area (Å²) in [5.41, 5.74) is 5.52. The third-order valence-corrected chi connectivity index (χ3v) is 4.46. The fraction of sp³-hybridized carbons (Fsp3) is 0.529. The molecule has 2 heterocycles. The zero-order valence-electron chi connectivity index (χ0n) is 12.6. The number of nitrogens with one attached hydrogen (secondary N) is 2. The van der Waals surface area contributed by atoms with Crippen LogP contribution in [0.4, 0.5) is 0 Å². The Hall–Kier alpha value is -1.32. The van der Waals surface area contributed by atoms with Crippen molar-refractivity contribution in [2.75, 3.05) is 32.7 Å². The summed E-state index contributed by atoms with van der Waals surface area (Å²) in [6.45, 7) is 10.3. The van der Waals surface area contributed by atoms with Crippen LogP contribution in [0.5, 0.6) is 0 Å². The summed E-state index contributed by atoms with van der Waals surface area (Å²) in [5, 5.41) is 4.91. The van der Waals surface area contributed by atoms with Gasteiger partial charge in [0.25, 0.3) is 0 Å². The van der Waals surface area contributed by atoms with Crippen LogP contribution in [0.1, 0.15) is 23.1 Å². The van der Waals surface area contributed by atoms with Crippen molar-refractivity contribution in [3.8, 4) is 0 Å². The highest BCUT2D eigenvalue weighted by Gasteiger charge is 2.12. The lowest BCUT2D eigenvalue weighted by Gasteiger charge is -2.19. The molecule has 1 fully saturated rings. The summed E-state index contributed by atoms with van der Waals surface area (Å²) in [6, 6.07) is 4.45. The summed E-state index contributed by atoms with van der Waals surface area (Å²) in [4.78, 5) is 6.05. The van der Waals surface area contributed by atoms with Gasteiger partial charge >= 0.3 is 0 Å². The van der Waals surface area contributed by atoms with E-state index in [0.717, 1.165) is 13.0 Å². The second kappa shape index (κ2) is 5.98. The second-order valence-corrected chi connectivity index (χ2v) is 5.96. The molecule has 0 saturated carbocycles. The van der Waals surface area contributed by atoms with Crippen molar-refractivity contribution in [1.82, 2.24) is 15.2 Å². The van der Waals surface area contributed by atoms with E-state index in [1.54, 1.807) is 0 Å². The maximum atomic E-state index is 3.47. The summed E-state index contributed by atoms with van der Waals surface area (Å²) in [6.07, 6.45) is 4.62. The van der Waals surface area contributed by atoms with Crippen molar-refractivity contribution in [3.63, 3.8) is 0 Å². The van der Waals surface area contributed by atoms with Crippen molar-refractivity contribution in [2.45, 2.75) is 26.7 Å². The molecule has 108 valence electrons. The Balaban J connectivity index is 1.76. The van der Waals surface area contributed by atoms with Crippen molar-refractivity contribution < 1.29 is 0 Å². The van der Waals surface area contributed by atoms with E-state index in [4.69, 9.17) is 0 Å². The van der Waals surface area contributed by atoms with Gasteiger partial charge in [0.2, 0.25) is 0 Å². The van der Waals surface area contributed by atoms with Crippen LogP contribution in [0, 0.1) is 13.8 Å². The number of hydrogen-bond donors (Lipinski definition) is 2. The molecule has 0 bridgehead atoms. The first-order chi connectivity index (χ1) is 9.75. The third kappa shape index (κ3) is 2.74. The number of aromatic nitrogens is 1. The highest BCUT2D eigenvalue weighted by Crippen LogP contribution is 2.25. The van der Waals surface area contributed by atoms with E-state index in [1.807, 2.05) is 0 Å². The third-order valence-electron chi connectivity index (χ3n) is 4.46. The molecule has 3 nitrogen and oxygen atoms in total. The quantitative estimate of drug-likeness (QED) is 0.899. The van der Waals surface area contributed by atoms with E-state index in [2.05, 4.69) is 47.4 Å². The Labute approximate surface area is 121 Å². The lowest BCUT2D eigenvalue weighted by Crippen LogP contribution is -2.30. The number of aryl methyl sites for hydroxylation is 2. The van der Waals surface area contributed by atoms with Crippen molar-refractivity contribution in [3.05, 3.63) is 35.0 Å². The Bertz CT molecular complexity index is 577. The molecule has 0 spiro atoms. The monoisotopic (exact) mass is 271 g/mol. The summed E-state index contributed by atoms with van der Waals surface area (Å²) in [5.74, 6) is 0. The molecule has 0 radical (unpaired) electrons. The summed E-state index contributed by atoms with van der Waals surface area (Å²) >= 11 is 0. The molecule has 0 amide bonds. The summed E-state index contributed by atoms with van der Waals surface area (Å²) < 4.78 is 0. The molecule has 20 heavy (non-hydrogen) atoms. The van der Waals surface area contributed by atoms with E-state index in [0.29, 0.717) is 0 Å². The molecule has 1 aromatic heterocycles. The molecular weight excluding hydrogens is 246 g/mol. The topological polar surface area (TPSA) is 31.1 Å². The fourth-order valence-corrected chi connectivity index (χ4v) is 3.24. The van der Waals surface area contributed by atoms with Gasteiger partial charge in [-0.15, -0.1) is 0 Å². The minimum Gasteiger partial charge on any atom is -0.361 e. The standard InChI is InChI=1S/C17H25N3/c1-13-4-5-14(2)17-16(13)15(12-19-17)6-10-20-9-3-7-18-8-11-20/h4-5,12,18-19H,3,6-11H2,1-2H3. The molecule has 3 rings (SSSR count). The maximum absolute atomic E-state index is 3.47. The Morgan fingerprint density at radius 1 is 1.10 bits per heavy atom. The highest BCUT2D eigenvalue weighted by molar-refractivity contribution is 5.88. The number of rotatable bonds is 3. The van der Waals surface area contributed by atoms with Gasteiger partial charge in [0.05, 0.1) is 0 Å². The van der Waals surface area contributed by atoms with Gasteiger partial charge in [-0.25, -0.2) is 0 Å². The first-order valence-corrected chi connectivity index (χ1v) is 7.75. The van der Waals surface area contributed by atoms with Gasteiger partial charge in [-0.2, -0.15) is 0 Å². The second-order valence-electron chi connectivity index (χ2n) is 5.96. The smallest absolute Gasteiger partial charge is 0.0489 e. The molecule has 1 aromatic carbocycles. The number of nitrogens with zero attached hydrogens (tertiary/aromatic N) is 1. The van der Waals surface area contributed by atoms with Crippen LogP contribution in [-0.4, -0.2) is 42.6 Å². The van der Waals surface area contributed by atoms with Gasteiger partial charge in [0, 0.05) is 36.7 Å². The van der Waals surface area contributed by atoms with E-state index >= 15 is 0 Å². The van der Waals surface area contributed by atoms with Crippen LogP contribution in [0.25, 0.3) is 10.9 Å². The van der Waals surface area contributed by atoms with Gasteiger partial charge in [0.1, 0.15) is 0 Å². The number of hydrogen-bond acceptors (Lipinski definition) is 2. The van der Waals surface area contributed by atoms with Crippen LogP contribution in [0.2, 0.25) is 0 Å². The average Bonchev–Trinajstić information content (AvgIpc) is 2.71. The number of benzene rings is 1. The molecule has 0 atom stereocenters. The molecule has 2 N–H and O–H groups in total. The fourth-order valence-electron chi connectivity index (χ4n) is 3.24. The molecule has 1 aliphatic rings. The lowest BCUT2D eigenvalue weighted by molar-refractivity contribution is 0.296. The maximum Gasteiger partial charge on any atom is 0.0489 e. The van der Waals surface area contributed by atoms with Crippen molar-refractivity contribution in [1.29, 1.82) is 0 Å². The van der Waals surface area contributed by atoms with Gasteiger partial charge in [-0.3, -0.25) is 0 Å². The molecule has 0 unspecified atom stereocenters. The molecule has 0 aliphatic carbocycles. The number of H-pyrrole nitrogens is 1. The number of fused-ring (bicyclic) bond motifs is 1. The average molecular weight is 271 g/mol. The van der Waals surface area contributed by atoms with E-state index in [9.17, 15) is 0 Å². The predicted molar refractivity (Wildman–Crippen MR) is 85.4 cm³/mol. The highest BCUT2D eigenvalue weighted by atomic mass is 15.1. The van der Waals surface area contributed by atoms with Gasteiger partial charge in [-0.1, -0.05) is 12.1 Å². The van der Waals surface area contributed by atoms with Crippen LogP contribution >= 0.6 is 0 Å². The molecular formula is C17H25N3. The normalized spacial score (nSPS) is 17.5. The zero-order chi connectivity index (χ0) is 13.9. The van der Waals surface area contributed by atoms with Crippen LogP contribution in [-0.2, 0) is 6.42 Å². The van der Waals surface area contributed by atoms with Crippen LogP contribution in [0.15, 0.2) is 18.3 Å². The minimum absolute atomic E-state index is 1.13. The lowest BCUT2D eigenvalue weighted by atomic mass is 10.0. The molecule has 1 aliphatic heterocycles. The van der Waals surface area contributed by atoms with Gasteiger partial charge in [0.15, 0.2) is 0 Å². The van der Waals surface area contributed by atoms with E-state index in [1.165, 1.54) is 60.2 Å². The SMILES string of the molecule is Cc1ccc(C)c2c(CCN3CCCNCC3)c[nH]c12. The van der Waals surface area contributed by atoms with Gasteiger partial charge < -0.3 is 15.2 Å². The van der Waals surface area contributed by atoms with E-state index in [-0.39, 0.29) is 0 Å². The molecule has 3 heteroatoms. The van der Waals surface area contributed by atoms with Crippen molar-refractivity contribution >= 4 is 10.9 Å². The van der Waals surface area contributed by atoms with E-state index < -0.39 is 0 Å². The van der Waals surface area contributed by atoms with Gasteiger partial charge in [-0.05, 0) is 56.5 Å². The largest absolute Gasteiger partial charge is 0.361 e. The Morgan fingerprint density at radius 3 is 2.85 bits per heavy atom. The van der Waals surface area contributed by atoms with Crippen LogP contribution < -0.4 is 5.32 Å². The Kier molecular flexibility index (Phi) is 4.08.